The first-order valence-electron chi connectivity index (χ1n) is 5.98. The van der Waals surface area contributed by atoms with Crippen molar-refractivity contribution < 1.29 is 9.26 Å². The Kier molecular flexibility index (Phi) is 3.94. The molecule has 2 rings (SSSR count). The van der Waals surface area contributed by atoms with E-state index in [0.717, 1.165) is 11.3 Å². The minimum Gasteiger partial charge on any atom is -0.494 e. The van der Waals surface area contributed by atoms with Gasteiger partial charge in [-0.05, 0) is 33.0 Å². The summed E-state index contributed by atoms with van der Waals surface area (Å²) in [5.41, 5.74) is 0.888. The maximum atomic E-state index is 5.44. The minimum atomic E-state index is 0.0429. The number of hydrogen-bond acceptors (Lipinski definition) is 5. The minimum absolute atomic E-state index is 0.0429. The molecular formula is C13H17N3O2. The zero-order valence-corrected chi connectivity index (χ0v) is 10.8. The molecule has 5 heteroatoms. The zero-order chi connectivity index (χ0) is 13.0. The van der Waals surface area contributed by atoms with Gasteiger partial charge in [0.15, 0.2) is 0 Å². The van der Waals surface area contributed by atoms with Crippen molar-refractivity contribution in [3.8, 4) is 17.1 Å². The van der Waals surface area contributed by atoms with E-state index in [4.69, 9.17) is 9.26 Å². The molecule has 0 aliphatic heterocycles. The Morgan fingerprint density at radius 2 is 2.28 bits per heavy atom. The molecule has 1 aromatic heterocycles. The Morgan fingerprint density at radius 1 is 1.44 bits per heavy atom. The van der Waals surface area contributed by atoms with Crippen LogP contribution in [0.5, 0.6) is 5.75 Å². The van der Waals surface area contributed by atoms with Gasteiger partial charge in [0.05, 0.1) is 12.6 Å². The van der Waals surface area contributed by atoms with Crippen molar-refractivity contribution in [1.82, 2.24) is 15.5 Å². The summed E-state index contributed by atoms with van der Waals surface area (Å²) in [6, 6.07) is 7.70. The molecule has 0 radical (unpaired) electrons. The molecule has 0 saturated heterocycles. The topological polar surface area (TPSA) is 60.2 Å². The maximum Gasteiger partial charge on any atom is 0.243 e. The van der Waals surface area contributed by atoms with E-state index >= 15 is 0 Å². The second-order valence-electron chi connectivity index (χ2n) is 3.93. The van der Waals surface area contributed by atoms with E-state index in [1.54, 1.807) is 0 Å². The molecule has 1 aromatic carbocycles. The highest BCUT2D eigenvalue weighted by molar-refractivity contribution is 5.56. The molecular weight excluding hydrogens is 230 g/mol. The predicted octanol–water partition coefficient (Wildman–Crippen LogP) is 2.42. The number of benzene rings is 1. The molecule has 0 aliphatic rings. The lowest BCUT2D eigenvalue weighted by molar-refractivity contribution is 0.340. The lowest BCUT2D eigenvalue weighted by atomic mass is 10.2. The largest absolute Gasteiger partial charge is 0.494 e. The van der Waals surface area contributed by atoms with Crippen molar-refractivity contribution in [2.24, 2.45) is 0 Å². The van der Waals surface area contributed by atoms with Gasteiger partial charge in [-0.1, -0.05) is 17.3 Å². The van der Waals surface area contributed by atoms with Crippen LogP contribution in [-0.4, -0.2) is 23.8 Å². The van der Waals surface area contributed by atoms with Gasteiger partial charge >= 0.3 is 0 Å². The van der Waals surface area contributed by atoms with Crippen LogP contribution >= 0.6 is 0 Å². The highest BCUT2D eigenvalue weighted by Gasteiger charge is 2.13. The first-order valence-corrected chi connectivity index (χ1v) is 5.98. The number of nitrogens with zero attached hydrogens (tertiary/aromatic N) is 2. The molecule has 1 N–H and O–H groups in total. The van der Waals surface area contributed by atoms with Gasteiger partial charge in [0.2, 0.25) is 11.7 Å². The Hall–Kier alpha value is -1.88. The number of rotatable bonds is 5. The van der Waals surface area contributed by atoms with E-state index in [9.17, 15) is 0 Å². The van der Waals surface area contributed by atoms with Gasteiger partial charge in [-0.25, -0.2) is 0 Å². The SMILES string of the molecule is CCOc1cccc(-c2noc(C(C)NC)n2)c1. The van der Waals surface area contributed by atoms with Crippen LogP contribution in [0.4, 0.5) is 0 Å². The number of nitrogens with one attached hydrogen (secondary N) is 1. The van der Waals surface area contributed by atoms with Crippen LogP contribution in [0.25, 0.3) is 11.4 Å². The Bertz CT molecular complexity index is 510. The molecule has 0 fully saturated rings. The van der Waals surface area contributed by atoms with Crippen LogP contribution in [0.15, 0.2) is 28.8 Å². The molecule has 0 saturated carbocycles. The first kappa shape index (κ1) is 12.6. The molecule has 0 spiro atoms. The lowest BCUT2D eigenvalue weighted by Gasteiger charge is -2.03. The standard InChI is InChI=1S/C13H17N3O2/c1-4-17-11-7-5-6-10(8-11)12-15-13(18-16-12)9(2)14-3/h5-9,14H,4H2,1-3H3. The van der Waals surface area contributed by atoms with Crippen molar-refractivity contribution in [1.29, 1.82) is 0 Å². The van der Waals surface area contributed by atoms with Crippen LogP contribution in [0.1, 0.15) is 25.8 Å². The highest BCUT2D eigenvalue weighted by atomic mass is 16.5. The van der Waals surface area contributed by atoms with E-state index < -0.39 is 0 Å². The molecule has 1 atom stereocenters. The van der Waals surface area contributed by atoms with Crippen molar-refractivity contribution in [3.05, 3.63) is 30.2 Å². The Balaban J connectivity index is 2.25. The molecule has 5 nitrogen and oxygen atoms in total. The van der Waals surface area contributed by atoms with Crippen LogP contribution in [-0.2, 0) is 0 Å². The fourth-order valence-corrected chi connectivity index (χ4v) is 1.54. The molecule has 0 aliphatic carbocycles. The second kappa shape index (κ2) is 5.64. The maximum absolute atomic E-state index is 5.44. The fraction of sp³-hybridized carbons (Fsp3) is 0.385. The quantitative estimate of drug-likeness (QED) is 0.879. The van der Waals surface area contributed by atoms with E-state index in [2.05, 4.69) is 15.5 Å². The van der Waals surface area contributed by atoms with Crippen LogP contribution in [0, 0.1) is 0 Å². The third kappa shape index (κ3) is 2.68. The number of hydrogen-bond donors (Lipinski definition) is 1. The first-order chi connectivity index (χ1) is 8.74. The molecule has 2 aromatic rings. The Morgan fingerprint density at radius 3 is 3.00 bits per heavy atom. The van der Waals surface area contributed by atoms with Gasteiger partial charge in [0, 0.05) is 5.56 Å². The van der Waals surface area contributed by atoms with Gasteiger partial charge in [-0.2, -0.15) is 4.98 Å². The summed E-state index contributed by atoms with van der Waals surface area (Å²) >= 11 is 0. The number of ether oxygens (including phenoxy) is 1. The van der Waals surface area contributed by atoms with Crippen LogP contribution < -0.4 is 10.1 Å². The molecule has 0 amide bonds. The van der Waals surface area contributed by atoms with Crippen molar-refractivity contribution in [2.75, 3.05) is 13.7 Å². The summed E-state index contributed by atoms with van der Waals surface area (Å²) in [5.74, 6) is 1.96. The van der Waals surface area contributed by atoms with E-state index in [1.165, 1.54) is 0 Å². The predicted molar refractivity (Wildman–Crippen MR) is 68.4 cm³/mol. The van der Waals surface area contributed by atoms with Crippen molar-refractivity contribution in [2.45, 2.75) is 19.9 Å². The van der Waals surface area contributed by atoms with E-state index in [1.807, 2.05) is 45.2 Å². The van der Waals surface area contributed by atoms with E-state index in [0.29, 0.717) is 18.3 Å². The summed E-state index contributed by atoms with van der Waals surface area (Å²) in [4.78, 5) is 4.36. The molecule has 1 unspecified atom stereocenters. The van der Waals surface area contributed by atoms with Gasteiger partial charge in [-0.3, -0.25) is 0 Å². The van der Waals surface area contributed by atoms with Gasteiger partial charge in [-0.15, -0.1) is 0 Å². The monoisotopic (exact) mass is 247 g/mol. The smallest absolute Gasteiger partial charge is 0.243 e. The molecule has 96 valence electrons. The summed E-state index contributed by atoms with van der Waals surface area (Å²) in [6.07, 6.45) is 0. The van der Waals surface area contributed by atoms with Crippen LogP contribution in [0.2, 0.25) is 0 Å². The summed E-state index contributed by atoms with van der Waals surface area (Å²) in [6.45, 7) is 4.55. The van der Waals surface area contributed by atoms with Gasteiger partial charge < -0.3 is 14.6 Å². The molecule has 0 bridgehead atoms. The van der Waals surface area contributed by atoms with Crippen molar-refractivity contribution >= 4 is 0 Å². The van der Waals surface area contributed by atoms with Gasteiger partial charge in [0.25, 0.3) is 0 Å². The van der Waals surface area contributed by atoms with Crippen molar-refractivity contribution in [3.63, 3.8) is 0 Å². The molecule has 1 heterocycles. The summed E-state index contributed by atoms with van der Waals surface area (Å²) < 4.78 is 10.7. The van der Waals surface area contributed by atoms with Crippen LogP contribution in [0.3, 0.4) is 0 Å². The summed E-state index contributed by atoms with van der Waals surface area (Å²) in [5, 5.41) is 7.03. The highest BCUT2D eigenvalue weighted by Crippen LogP contribution is 2.22. The van der Waals surface area contributed by atoms with E-state index in [-0.39, 0.29) is 6.04 Å². The lowest BCUT2D eigenvalue weighted by Crippen LogP contribution is -2.12. The normalized spacial score (nSPS) is 12.4. The third-order valence-electron chi connectivity index (χ3n) is 2.65. The summed E-state index contributed by atoms with van der Waals surface area (Å²) in [7, 11) is 1.85. The third-order valence-corrected chi connectivity index (χ3v) is 2.65. The molecule has 18 heavy (non-hydrogen) atoms. The average Bonchev–Trinajstić information content (AvgIpc) is 2.88. The number of aromatic nitrogens is 2. The van der Waals surface area contributed by atoms with Gasteiger partial charge in [0.1, 0.15) is 5.75 Å². The fourth-order valence-electron chi connectivity index (χ4n) is 1.54. The average molecular weight is 247 g/mol. The second-order valence-corrected chi connectivity index (χ2v) is 3.93. The Labute approximate surface area is 106 Å². The zero-order valence-electron chi connectivity index (χ0n) is 10.8.